The van der Waals surface area contributed by atoms with Gasteiger partial charge < -0.3 is 10.2 Å². The minimum absolute atomic E-state index is 0.0895. The number of carbonyl (C=O) groups is 1. The summed E-state index contributed by atoms with van der Waals surface area (Å²) in [6.07, 6.45) is 7.62. The van der Waals surface area contributed by atoms with E-state index in [9.17, 15) is 9.59 Å². The highest BCUT2D eigenvalue weighted by atomic mass is 16.2. The Labute approximate surface area is 163 Å². The zero-order chi connectivity index (χ0) is 19.3. The third-order valence-corrected chi connectivity index (χ3v) is 6.40. The highest BCUT2D eigenvalue weighted by Gasteiger charge is 2.47. The molecule has 3 fully saturated rings. The van der Waals surface area contributed by atoms with Crippen LogP contribution in [0.5, 0.6) is 0 Å². The third-order valence-electron chi connectivity index (χ3n) is 6.40. The molecule has 5 rings (SSSR count). The minimum Gasteiger partial charge on any atom is -0.334 e. The lowest BCUT2D eigenvalue weighted by Gasteiger charge is -2.27. The van der Waals surface area contributed by atoms with Crippen LogP contribution < -0.4 is 11.0 Å². The average Bonchev–Trinajstić information content (AvgIpc) is 3.63. The fourth-order valence-electron chi connectivity index (χ4n) is 4.50. The first-order valence-corrected chi connectivity index (χ1v) is 10.2. The van der Waals surface area contributed by atoms with Gasteiger partial charge in [-0.15, -0.1) is 0 Å². The molecule has 8 nitrogen and oxygen atoms in total. The summed E-state index contributed by atoms with van der Waals surface area (Å²) in [6.45, 7) is 1.18. The van der Waals surface area contributed by atoms with Gasteiger partial charge in [0.25, 0.3) is 0 Å². The van der Waals surface area contributed by atoms with Crippen molar-refractivity contribution in [1.29, 1.82) is 0 Å². The molecule has 1 aliphatic heterocycles. The van der Waals surface area contributed by atoms with Gasteiger partial charge in [0.2, 0.25) is 0 Å². The molecule has 3 aliphatic rings. The second kappa shape index (κ2) is 6.76. The summed E-state index contributed by atoms with van der Waals surface area (Å²) in [6, 6.07) is 3.83. The van der Waals surface area contributed by atoms with Crippen LogP contribution in [0.15, 0.2) is 23.1 Å². The van der Waals surface area contributed by atoms with E-state index in [-0.39, 0.29) is 17.8 Å². The molecule has 2 unspecified atom stereocenters. The second-order valence-electron chi connectivity index (χ2n) is 8.40. The molecule has 1 saturated heterocycles. The number of rotatable bonds is 5. The SMILES string of the molecule is Cn1c(C2C(C3CC3)CCN2C(=O)NCc2ccnc(C3CC3)c2)n[nH]c1=O. The molecular weight excluding hydrogens is 356 g/mol. The quantitative estimate of drug-likeness (QED) is 0.827. The van der Waals surface area contributed by atoms with Crippen LogP contribution in [0.1, 0.15) is 61.1 Å². The van der Waals surface area contributed by atoms with Gasteiger partial charge in [0, 0.05) is 37.9 Å². The molecule has 2 aliphatic carbocycles. The Balaban J connectivity index is 1.32. The highest BCUT2D eigenvalue weighted by molar-refractivity contribution is 5.75. The van der Waals surface area contributed by atoms with Crippen LogP contribution in [-0.2, 0) is 13.6 Å². The first-order valence-electron chi connectivity index (χ1n) is 10.2. The van der Waals surface area contributed by atoms with Gasteiger partial charge >= 0.3 is 11.7 Å². The number of carbonyl (C=O) groups excluding carboxylic acids is 1. The van der Waals surface area contributed by atoms with Gasteiger partial charge in [-0.3, -0.25) is 9.55 Å². The van der Waals surface area contributed by atoms with Crippen LogP contribution in [-0.4, -0.2) is 37.2 Å². The van der Waals surface area contributed by atoms with Crippen molar-refractivity contribution in [2.24, 2.45) is 18.9 Å². The average molecular weight is 382 g/mol. The molecule has 0 radical (unpaired) electrons. The first-order chi connectivity index (χ1) is 13.6. The van der Waals surface area contributed by atoms with Crippen molar-refractivity contribution in [3.63, 3.8) is 0 Å². The summed E-state index contributed by atoms with van der Waals surface area (Å²) >= 11 is 0. The highest BCUT2D eigenvalue weighted by Crippen LogP contribution is 2.49. The molecule has 2 N–H and O–H groups in total. The fourth-order valence-corrected chi connectivity index (χ4v) is 4.50. The van der Waals surface area contributed by atoms with E-state index < -0.39 is 0 Å². The number of nitrogens with zero attached hydrogens (tertiary/aromatic N) is 4. The van der Waals surface area contributed by atoms with Gasteiger partial charge in [0.15, 0.2) is 5.82 Å². The van der Waals surface area contributed by atoms with Crippen molar-refractivity contribution in [2.75, 3.05) is 6.54 Å². The van der Waals surface area contributed by atoms with Crippen LogP contribution in [0.25, 0.3) is 0 Å². The largest absolute Gasteiger partial charge is 0.343 e. The Hall–Kier alpha value is -2.64. The van der Waals surface area contributed by atoms with Gasteiger partial charge in [0.05, 0.1) is 6.04 Å². The zero-order valence-electron chi connectivity index (χ0n) is 16.1. The van der Waals surface area contributed by atoms with E-state index in [4.69, 9.17) is 0 Å². The van der Waals surface area contributed by atoms with E-state index in [2.05, 4.69) is 26.6 Å². The maximum Gasteiger partial charge on any atom is 0.343 e. The number of pyridine rings is 1. The summed E-state index contributed by atoms with van der Waals surface area (Å²) in [5.41, 5.74) is 1.97. The summed E-state index contributed by atoms with van der Waals surface area (Å²) in [5, 5.41) is 9.84. The Bertz CT molecular complexity index is 942. The van der Waals surface area contributed by atoms with Gasteiger partial charge in [0.1, 0.15) is 0 Å². The molecule has 0 spiro atoms. The second-order valence-corrected chi connectivity index (χ2v) is 8.40. The van der Waals surface area contributed by atoms with Crippen LogP contribution in [0, 0.1) is 11.8 Å². The summed E-state index contributed by atoms with van der Waals surface area (Å²) < 4.78 is 1.54. The monoisotopic (exact) mass is 382 g/mol. The molecule has 2 amide bonds. The van der Waals surface area contributed by atoms with E-state index >= 15 is 0 Å². The van der Waals surface area contributed by atoms with Gasteiger partial charge in [-0.2, -0.15) is 5.10 Å². The van der Waals surface area contributed by atoms with Gasteiger partial charge in [-0.05, 0) is 61.6 Å². The van der Waals surface area contributed by atoms with Crippen molar-refractivity contribution >= 4 is 6.03 Å². The summed E-state index contributed by atoms with van der Waals surface area (Å²) in [4.78, 5) is 31.2. The topological polar surface area (TPSA) is 95.9 Å². The lowest BCUT2D eigenvalue weighted by atomic mass is 9.94. The van der Waals surface area contributed by atoms with E-state index in [1.54, 1.807) is 7.05 Å². The van der Waals surface area contributed by atoms with E-state index in [0.717, 1.165) is 17.7 Å². The van der Waals surface area contributed by atoms with Crippen LogP contribution in [0.4, 0.5) is 4.79 Å². The van der Waals surface area contributed by atoms with Crippen LogP contribution in [0.2, 0.25) is 0 Å². The standard InChI is InChI=1S/C20H26N6O2/c1-25-18(23-24-20(25)28)17-15(13-2-3-13)7-9-26(17)19(27)22-11-12-6-8-21-16(10-12)14-4-5-14/h6,8,10,13-15,17H,2-5,7,9,11H2,1H3,(H,22,27)(H,24,28). The molecule has 28 heavy (non-hydrogen) atoms. The molecule has 148 valence electrons. The molecule has 0 bridgehead atoms. The molecule has 3 heterocycles. The number of nitrogens with one attached hydrogen (secondary N) is 2. The van der Waals surface area contributed by atoms with E-state index in [1.807, 2.05) is 17.2 Å². The number of amides is 2. The molecule has 2 aromatic rings. The van der Waals surface area contributed by atoms with Crippen molar-refractivity contribution < 1.29 is 4.79 Å². The van der Waals surface area contributed by atoms with E-state index in [0.29, 0.717) is 36.7 Å². The predicted octanol–water partition coefficient (Wildman–Crippen LogP) is 2.06. The number of likely N-dealkylation sites (tertiary alicyclic amines) is 1. The summed E-state index contributed by atoms with van der Waals surface area (Å²) in [7, 11) is 1.72. The fraction of sp³-hybridized carbons (Fsp3) is 0.600. The lowest BCUT2D eigenvalue weighted by Crippen LogP contribution is -2.41. The third kappa shape index (κ3) is 3.21. The molecule has 2 saturated carbocycles. The van der Waals surface area contributed by atoms with Gasteiger partial charge in [-0.1, -0.05) is 0 Å². The molecular formula is C20H26N6O2. The number of H-pyrrole nitrogens is 1. The van der Waals surface area contributed by atoms with Crippen molar-refractivity contribution in [1.82, 2.24) is 30.0 Å². The number of aromatic amines is 1. The zero-order valence-corrected chi connectivity index (χ0v) is 16.1. The van der Waals surface area contributed by atoms with Crippen LogP contribution in [0.3, 0.4) is 0 Å². The number of hydrogen-bond acceptors (Lipinski definition) is 4. The Kier molecular flexibility index (Phi) is 4.21. The Morgan fingerprint density at radius 1 is 1.29 bits per heavy atom. The number of hydrogen-bond donors (Lipinski definition) is 2. The Morgan fingerprint density at radius 3 is 2.79 bits per heavy atom. The molecule has 0 aromatic carbocycles. The van der Waals surface area contributed by atoms with Crippen molar-refractivity contribution in [3.05, 3.63) is 45.9 Å². The van der Waals surface area contributed by atoms with E-state index in [1.165, 1.54) is 30.3 Å². The minimum atomic E-state index is -0.235. The molecule has 2 atom stereocenters. The first kappa shape index (κ1) is 17.5. The lowest BCUT2D eigenvalue weighted by molar-refractivity contribution is 0.178. The van der Waals surface area contributed by atoms with Gasteiger partial charge in [-0.25, -0.2) is 14.7 Å². The maximum absolute atomic E-state index is 13.0. The van der Waals surface area contributed by atoms with Crippen molar-refractivity contribution in [3.8, 4) is 0 Å². The molecule has 2 aromatic heterocycles. The number of aromatic nitrogens is 4. The molecule has 8 heteroatoms. The summed E-state index contributed by atoms with van der Waals surface area (Å²) in [5.74, 6) is 2.27. The van der Waals surface area contributed by atoms with Crippen molar-refractivity contribution in [2.45, 2.75) is 50.6 Å². The Morgan fingerprint density at radius 2 is 2.11 bits per heavy atom. The number of urea groups is 1. The normalized spacial score (nSPS) is 24.5. The van der Waals surface area contributed by atoms with Crippen LogP contribution >= 0.6 is 0 Å². The predicted molar refractivity (Wildman–Crippen MR) is 103 cm³/mol. The smallest absolute Gasteiger partial charge is 0.334 e. The maximum atomic E-state index is 13.0.